The number of nitrogens with zero attached hydrogens (tertiary/aromatic N) is 1. The Morgan fingerprint density at radius 1 is 1.47 bits per heavy atom. The van der Waals surface area contributed by atoms with Crippen molar-refractivity contribution in [2.24, 2.45) is 0 Å². The third kappa shape index (κ3) is 2.96. The van der Waals surface area contributed by atoms with Gasteiger partial charge in [-0.05, 0) is 45.2 Å². The molecule has 0 unspecified atom stereocenters. The zero-order valence-corrected chi connectivity index (χ0v) is 10.4. The van der Waals surface area contributed by atoms with Crippen molar-refractivity contribution in [3.05, 3.63) is 23.4 Å². The van der Waals surface area contributed by atoms with Crippen molar-refractivity contribution in [1.29, 1.82) is 0 Å². The highest BCUT2D eigenvalue weighted by molar-refractivity contribution is 5.95. The van der Waals surface area contributed by atoms with Gasteiger partial charge in [0.2, 0.25) is 0 Å². The number of anilines is 1. The fraction of sp³-hybridized carbons (Fsp3) is 0.538. The smallest absolute Gasteiger partial charge is 0.251 e. The number of nitrogens with one attached hydrogen (secondary N) is 2. The van der Waals surface area contributed by atoms with E-state index in [0.29, 0.717) is 11.6 Å². The molecule has 1 fully saturated rings. The van der Waals surface area contributed by atoms with Gasteiger partial charge in [-0.3, -0.25) is 4.79 Å². The Hall–Kier alpha value is -1.58. The lowest BCUT2D eigenvalue weighted by molar-refractivity contribution is 0.0917. The number of hydrogen-bond donors (Lipinski definition) is 2. The summed E-state index contributed by atoms with van der Waals surface area (Å²) in [5.41, 5.74) is 1.56. The van der Waals surface area contributed by atoms with E-state index in [-0.39, 0.29) is 5.91 Å². The molecule has 1 amide bonds. The average Bonchev–Trinajstić information content (AvgIpc) is 2.23. The van der Waals surface area contributed by atoms with E-state index in [1.807, 2.05) is 26.0 Å². The van der Waals surface area contributed by atoms with E-state index in [9.17, 15) is 4.79 Å². The van der Waals surface area contributed by atoms with Crippen molar-refractivity contribution in [3.8, 4) is 0 Å². The Morgan fingerprint density at radius 2 is 2.24 bits per heavy atom. The molecule has 1 aromatic heterocycles. The molecule has 1 aromatic rings. The molecule has 4 nitrogen and oxygen atoms in total. The zero-order valence-electron chi connectivity index (χ0n) is 10.4. The minimum absolute atomic E-state index is 0.0133. The molecule has 1 heterocycles. The first-order chi connectivity index (χ1) is 8.19. The number of carbonyl (C=O) groups is 1. The Labute approximate surface area is 102 Å². The molecule has 1 aliphatic carbocycles. The van der Waals surface area contributed by atoms with Crippen LogP contribution in [0.15, 0.2) is 12.1 Å². The van der Waals surface area contributed by atoms with Crippen molar-refractivity contribution in [2.45, 2.75) is 39.2 Å². The van der Waals surface area contributed by atoms with Gasteiger partial charge in [-0.1, -0.05) is 0 Å². The van der Waals surface area contributed by atoms with Crippen molar-refractivity contribution in [1.82, 2.24) is 10.3 Å². The molecular weight excluding hydrogens is 214 g/mol. The minimum Gasteiger partial charge on any atom is -0.370 e. The highest BCUT2D eigenvalue weighted by Crippen LogP contribution is 2.19. The molecule has 92 valence electrons. The van der Waals surface area contributed by atoms with Crippen molar-refractivity contribution in [2.75, 3.05) is 11.9 Å². The second kappa shape index (κ2) is 5.17. The molecular formula is C13H19N3O. The van der Waals surface area contributed by atoms with Gasteiger partial charge in [0, 0.05) is 23.8 Å². The number of aromatic nitrogens is 1. The summed E-state index contributed by atoms with van der Waals surface area (Å²) >= 11 is 0. The van der Waals surface area contributed by atoms with Crippen molar-refractivity contribution in [3.63, 3.8) is 0 Å². The molecule has 0 aliphatic heterocycles. The predicted octanol–water partition coefficient (Wildman–Crippen LogP) is 2.10. The molecule has 17 heavy (non-hydrogen) atoms. The van der Waals surface area contributed by atoms with Gasteiger partial charge in [0.25, 0.3) is 5.91 Å². The maximum atomic E-state index is 12.0. The summed E-state index contributed by atoms with van der Waals surface area (Å²) in [5, 5.41) is 6.17. The molecule has 2 N–H and O–H groups in total. The third-order valence-corrected chi connectivity index (χ3v) is 3.01. The Morgan fingerprint density at radius 3 is 2.82 bits per heavy atom. The van der Waals surface area contributed by atoms with E-state index in [1.165, 1.54) is 6.42 Å². The summed E-state index contributed by atoms with van der Waals surface area (Å²) in [5.74, 6) is 0.783. The second-order valence-electron chi connectivity index (χ2n) is 4.51. The first kappa shape index (κ1) is 11.9. The number of aryl methyl sites for hydroxylation is 1. The maximum Gasteiger partial charge on any atom is 0.251 e. The highest BCUT2D eigenvalue weighted by atomic mass is 16.1. The summed E-state index contributed by atoms with van der Waals surface area (Å²) in [6, 6.07) is 4.01. The number of hydrogen-bond acceptors (Lipinski definition) is 3. The summed E-state index contributed by atoms with van der Waals surface area (Å²) in [6.07, 6.45) is 3.44. The first-order valence-corrected chi connectivity index (χ1v) is 6.22. The third-order valence-electron chi connectivity index (χ3n) is 3.01. The van der Waals surface area contributed by atoms with Crippen LogP contribution in [0, 0.1) is 6.92 Å². The van der Waals surface area contributed by atoms with E-state index in [2.05, 4.69) is 15.6 Å². The Kier molecular flexibility index (Phi) is 3.61. The predicted molar refractivity (Wildman–Crippen MR) is 68.2 cm³/mol. The zero-order chi connectivity index (χ0) is 12.3. The number of rotatable bonds is 4. The quantitative estimate of drug-likeness (QED) is 0.837. The van der Waals surface area contributed by atoms with Crippen LogP contribution in [0.3, 0.4) is 0 Å². The van der Waals surface area contributed by atoms with E-state index in [1.54, 1.807) is 0 Å². The van der Waals surface area contributed by atoms with Gasteiger partial charge in [0.05, 0.1) is 0 Å². The van der Waals surface area contributed by atoms with E-state index in [4.69, 9.17) is 0 Å². The van der Waals surface area contributed by atoms with E-state index in [0.717, 1.165) is 30.9 Å². The average molecular weight is 233 g/mol. The lowest BCUT2D eigenvalue weighted by atomic mass is 9.93. The number of amides is 1. The lowest BCUT2D eigenvalue weighted by Crippen LogP contribution is -2.39. The van der Waals surface area contributed by atoms with Gasteiger partial charge in [-0.25, -0.2) is 4.98 Å². The molecule has 0 spiro atoms. The Bertz CT molecular complexity index is 413. The van der Waals surface area contributed by atoms with Crippen LogP contribution in [0.4, 0.5) is 5.82 Å². The normalized spacial score (nSPS) is 15.2. The van der Waals surface area contributed by atoms with Crippen LogP contribution in [0.2, 0.25) is 0 Å². The number of carbonyl (C=O) groups excluding carboxylic acids is 1. The van der Waals surface area contributed by atoms with Gasteiger partial charge in [-0.2, -0.15) is 0 Å². The molecule has 0 atom stereocenters. The summed E-state index contributed by atoms with van der Waals surface area (Å²) in [7, 11) is 0. The topological polar surface area (TPSA) is 54.0 Å². The largest absolute Gasteiger partial charge is 0.370 e. The molecule has 0 radical (unpaired) electrons. The summed E-state index contributed by atoms with van der Waals surface area (Å²) < 4.78 is 0. The minimum atomic E-state index is 0.0133. The summed E-state index contributed by atoms with van der Waals surface area (Å²) in [4.78, 5) is 16.3. The van der Waals surface area contributed by atoms with Crippen LogP contribution in [0.5, 0.6) is 0 Å². The van der Waals surface area contributed by atoms with Crippen LogP contribution < -0.4 is 10.6 Å². The van der Waals surface area contributed by atoms with Crippen LogP contribution >= 0.6 is 0 Å². The molecule has 1 aliphatic rings. The highest BCUT2D eigenvalue weighted by Gasteiger charge is 2.20. The van der Waals surface area contributed by atoms with Crippen LogP contribution in [-0.4, -0.2) is 23.5 Å². The van der Waals surface area contributed by atoms with Crippen molar-refractivity contribution >= 4 is 11.7 Å². The fourth-order valence-electron chi connectivity index (χ4n) is 1.89. The van der Waals surface area contributed by atoms with Gasteiger partial charge in [0.1, 0.15) is 5.82 Å². The first-order valence-electron chi connectivity index (χ1n) is 6.22. The molecule has 0 aromatic carbocycles. The maximum absolute atomic E-state index is 12.0. The molecule has 4 heteroatoms. The van der Waals surface area contributed by atoms with Gasteiger partial charge in [0.15, 0.2) is 0 Å². The molecule has 1 saturated carbocycles. The molecule has 0 bridgehead atoms. The molecule has 2 rings (SSSR count). The van der Waals surface area contributed by atoms with Crippen LogP contribution in [0.1, 0.15) is 42.2 Å². The van der Waals surface area contributed by atoms with Gasteiger partial charge >= 0.3 is 0 Å². The molecule has 0 saturated heterocycles. The Balaban J connectivity index is 2.09. The monoisotopic (exact) mass is 233 g/mol. The SMILES string of the molecule is CCNc1cc(C(=O)NC2CCC2)cc(C)n1. The fourth-order valence-corrected chi connectivity index (χ4v) is 1.89. The van der Waals surface area contributed by atoms with Crippen molar-refractivity contribution < 1.29 is 4.79 Å². The van der Waals surface area contributed by atoms with Crippen LogP contribution in [-0.2, 0) is 0 Å². The van der Waals surface area contributed by atoms with Gasteiger partial charge < -0.3 is 10.6 Å². The van der Waals surface area contributed by atoms with Gasteiger partial charge in [-0.15, -0.1) is 0 Å². The number of pyridine rings is 1. The standard InChI is InChI=1S/C13H19N3O/c1-3-14-12-8-10(7-9(2)15-12)13(17)16-11-5-4-6-11/h7-8,11H,3-6H2,1-2H3,(H,14,15)(H,16,17). The lowest BCUT2D eigenvalue weighted by Gasteiger charge is -2.26. The van der Waals surface area contributed by atoms with E-state index >= 15 is 0 Å². The second-order valence-corrected chi connectivity index (χ2v) is 4.51. The summed E-state index contributed by atoms with van der Waals surface area (Å²) in [6.45, 7) is 4.72. The van der Waals surface area contributed by atoms with Crippen LogP contribution in [0.25, 0.3) is 0 Å². The van der Waals surface area contributed by atoms with E-state index < -0.39 is 0 Å².